The van der Waals surface area contributed by atoms with Gasteiger partial charge in [0.05, 0.1) is 16.1 Å². The zero-order chi connectivity index (χ0) is 22.7. The highest BCUT2D eigenvalue weighted by Crippen LogP contribution is 2.24. The van der Waals surface area contributed by atoms with Gasteiger partial charge in [-0.2, -0.15) is 0 Å². The molecule has 6 nitrogen and oxygen atoms in total. The highest BCUT2D eigenvalue weighted by Gasteiger charge is 2.25. The van der Waals surface area contributed by atoms with Crippen LogP contribution >= 0.6 is 11.6 Å². The van der Waals surface area contributed by atoms with E-state index in [9.17, 15) is 13.2 Å². The van der Waals surface area contributed by atoms with Gasteiger partial charge in [-0.1, -0.05) is 47.5 Å². The minimum absolute atomic E-state index is 0.153. The van der Waals surface area contributed by atoms with Gasteiger partial charge < -0.3 is 9.80 Å². The Morgan fingerprint density at radius 2 is 1.59 bits per heavy atom. The fourth-order valence-electron chi connectivity index (χ4n) is 3.69. The Hall–Kier alpha value is -3.03. The molecule has 0 aromatic heterocycles. The fourth-order valence-corrected chi connectivity index (χ4v) is 4.95. The monoisotopic (exact) mass is 469 g/mol. The van der Waals surface area contributed by atoms with E-state index in [0.717, 1.165) is 11.3 Å². The van der Waals surface area contributed by atoms with Crippen molar-refractivity contribution in [1.29, 1.82) is 0 Å². The van der Waals surface area contributed by atoms with Gasteiger partial charge in [-0.05, 0) is 49.4 Å². The van der Waals surface area contributed by atoms with Crippen LogP contribution in [-0.4, -0.2) is 45.4 Å². The molecule has 1 saturated heterocycles. The molecular formula is C24H24ClN3O3S. The normalized spacial score (nSPS) is 14.3. The molecule has 1 fully saturated rings. The molecule has 0 aliphatic carbocycles. The second-order valence-corrected chi connectivity index (χ2v) is 9.84. The number of benzene rings is 3. The summed E-state index contributed by atoms with van der Waals surface area (Å²) >= 11 is 6.10. The van der Waals surface area contributed by atoms with Crippen LogP contribution in [0.15, 0.2) is 77.7 Å². The Morgan fingerprint density at radius 3 is 2.28 bits per heavy atom. The van der Waals surface area contributed by atoms with Crippen LogP contribution in [0.1, 0.15) is 15.9 Å². The van der Waals surface area contributed by atoms with E-state index in [1.807, 2.05) is 31.2 Å². The maximum Gasteiger partial charge on any atom is 0.261 e. The van der Waals surface area contributed by atoms with E-state index in [1.165, 1.54) is 0 Å². The van der Waals surface area contributed by atoms with Crippen LogP contribution in [0.3, 0.4) is 0 Å². The van der Waals surface area contributed by atoms with E-state index >= 15 is 0 Å². The second-order valence-electron chi connectivity index (χ2n) is 7.72. The fraction of sp³-hybridized carbons (Fsp3) is 0.208. The summed E-state index contributed by atoms with van der Waals surface area (Å²) in [5.41, 5.74) is 2.60. The van der Waals surface area contributed by atoms with Crippen molar-refractivity contribution in [3.8, 4) is 0 Å². The third-order valence-electron chi connectivity index (χ3n) is 5.47. The van der Waals surface area contributed by atoms with Gasteiger partial charge in [-0.15, -0.1) is 0 Å². The third kappa shape index (κ3) is 4.89. The van der Waals surface area contributed by atoms with Gasteiger partial charge in [0.2, 0.25) is 0 Å². The summed E-state index contributed by atoms with van der Waals surface area (Å²) in [4.78, 5) is 17.3. The van der Waals surface area contributed by atoms with Gasteiger partial charge in [0.15, 0.2) is 0 Å². The molecule has 0 radical (unpaired) electrons. The largest absolute Gasteiger partial charge is 0.368 e. The van der Waals surface area contributed by atoms with Crippen LogP contribution in [-0.2, 0) is 10.0 Å². The van der Waals surface area contributed by atoms with Gasteiger partial charge in [-0.3, -0.25) is 9.52 Å². The standard InChI is InChI=1S/C24H24ClN3O3S/c1-18-9-11-21(12-10-18)32(30,31)26-23-8-3-2-7-22(23)24(29)28-15-13-27(14-16-28)20-6-4-5-19(25)17-20/h2-12,17,26H,13-16H2,1H3. The molecule has 166 valence electrons. The van der Waals surface area contributed by atoms with Crippen molar-refractivity contribution in [2.75, 3.05) is 35.8 Å². The summed E-state index contributed by atoms with van der Waals surface area (Å²) in [5, 5.41) is 0.677. The number of nitrogens with zero attached hydrogens (tertiary/aromatic N) is 2. The Balaban J connectivity index is 1.49. The maximum absolute atomic E-state index is 13.2. The number of hydrogen-bond donors (Lipinski definition) is 1. The molecule has 0 saturated carbocycles. The highest BCUT2D eigenvalue weighted by molar-refractivity contribution is 7.92. The molecule has 8 heteroatoms. The average molecular weight is 470 g/mol. The number of amides is 1. The number of halogens is 1. The van der Waals surface area contributed by atoms with Gasteiger partial charge in [0.25, 0.3) is 15.9 Å². The van der Waals surface area contributed by atoms with Gasteiger partial charge in [-0.25, -0.2) is 8.42 Å². The maximum atomic E-state index is 13.2. The number of carbonyl (C=O) groups excluding carboxylic acids is 1. The van der Waals surface area contributed by atoms with Crippen LogP contribution in [0, 0.1) is 6.92 Å². The minimum Gasteiger partial charge on any atom is -0.368 e. The summed E-state index contributed by atoms with van der Waals surface area (Å²) in [6.45, 7) is 4.30. The predicted octanol–water partition coefficient (Wildman–Crippen LogP) is 4.41. The molecule has 0 unspecified atom stereocenters. The number of piperazine rings is 1. The van der Waals surface area contributed by atoms with Crippen molar-refractivity contribution >= 4 is 38.9 Å². The van der Waals surface area contributed by atoms with Crippen molar-refractivity contribution in [3.63, 3.8) is 0 Å². The topological polar surface area (TPSA) is 69.7 Å². The van der Waals surface area contributed by atoms with Crippen LogP contribution in [0.5, 0.6) is 0 Å². The first kappa shape index (κ1) is 22.2. The van der Waals surface area contributed by atoms with Crippen LogP contribution in [0.2, 0.25) is 5.02 Å². The zero-order valence-corrected chi connectivity index (χ0v) is 19.2. The van der Waals surface area contributed by atoms with Crippen molar-refractivity contribution in [3.05, 3.63) is 88.9 Å². The first-order chi connectivity index (χ1) is 15.3. The lowest BCUT2D eigenvalue weighted by Gasteiger charge is -2.36. The molecule has 0 spiro atoms. The van der Waals surface area contributed by atoms with Crippen molar-refractivity contribution in [1.82, 2.24) is 4.90 Å². The number of para-hydroxylation sites is 1. The van der Waals surface area contributed by atoms with Crippen molar-refractivity contribution < 1.29 is 13.2 Å². The number of hydrogen-bond acceptors (Lipinski definition) is 4. The van der Waals surface area contributed by atoms with Gasteiger partial charge in [0, 0.05) is 36.9 Å². The van der Waals surface area contributed by atoms with E-state index in [4.69, 9.17) is 11.6 Å². The first-order valence-electron chi connectivity index (χ1n) is 10.3. The van der Waals surface area contributed by atoms with Gasteiger partial charge >= 0.3 is 0 Å². The molecule has 1 N–H and O–H groups in total. The van der Waals surface area contributed by atoms with E-state index in [2.05, 4.69) is 9.62 Å². The van der Waals surface area contributed by atoms with Crippen molar-refractivity contribution in [2.45, 2.75) is 11.8 Å². The second kappa shape index (κ2) is 9.22. The van der Waals surface area contributed by atoms with E-state index in [1.54, 1.807) is 53.4 Å². The molecule has 1 heterocycles. The molecule has 0 bridgehead atoms. The minimum atomic E-state index is -3.81. The number of carbonyl (C=O) groups is 1. The lowest BCUT2D eigenvalue weighted by atomic mass is 10.1. The van der Waals surface area contributed by atoms with E-state index in [-0.39, 0.29) is 16.5 Å². The Kier molecular flexibility index (Phi) is 6.39. The smallest absolute Gasteiger partial charge is 0.261 e. The number of sulfonamides is 1. The van der Waals surface area contributed by atoms with E-state index in [0.29, 0.717) is 36.8 Å². The molecule has 1 aliphatic heterocycles. The summed E-state index contributed by atoms with van der Waals surface area (Å²) in [5.74, 6) is -0.196. The Bertz CT molecular complexity index is 1220. The van der Waals surface area contributed by atoms with Crippen LogP contribution in [0.25, 0.3) is 0 Å². The summed E-state index contributed by atoms with van der Waals surface area (Å²) < 4.78 is 28.3. The van der Waals surface area contributed by atoms with Gasteiger partial charge in [0.1, 0.15) is 0 Å². The molecule has 1 amide bonds. The highest BCUT2D eigenvalue weighted by atomic mass is 35.5. The number of aryl methyl sites for hydroxylation is 1. The summed E-state index contributed by atoms with van der Waals surface area (Å²) in [6, 6.07) is 20.9. The predicted molar refractivity (Wildman–Crippen MR) is 128 cm³/mol. The Labute approximate surface area is 193 Å². The Morgan fingerprint density at radius 1 is 0.906 bits per heavy atom. The number of rotatable bonds is 5. The molecule has 3 aromatic rings. The average Bonchev–Trinajstić information content (AvgIpc) is 2.79. The van der Waals surface area contributed by atoms with E-state index < -0.39 is 10.0 Å². The first-order valence-corrected chi connectivity index (χ1v) is 12.2. The molecule has 3 aromatic carbocycles. The van der Waals surface area contributed by atoms with Crippen LogP contribution < -0.4 is 9.62 Å². The lowest BCUT2D eigenvalue weighted by Crippen LogP contribution is -2.49. The SMILES string of the molecule is Cc1ccc(S(=O)(=O)Nc2ccccc2C(=O)N2CCN(c3cccc(Cl)c3)CC2)cc1. The molecular weight excluding hydrogens is 446 g/mol. The van der Waals surface area contributed by atoms with Crippen LogP contribution in [0.4, 0.5) is 11.4 Å². The lowest BCUT2D eigenvalue weighted by molar-refractivity contribution is 0.0748. The number of anilines is 2. The molecule has 32 heavy (non-hydrogen) atoms. The quantitative estimate of drug-likeness (QED) is 0.600. The molecule has 1 aliphatic rings. The summed E-state index contributed by atoms with van der Waals surface area (Å²) in [7, 11) is -3.81. The molecule has 0 atom stereocenters. The molecule has 4 rings (SSSR count). The third-order valence-corrected chi connectivity index (χ3v) is 7.09. The summed E-state index contributed by atoms with van der Waals surface area (Å²) in [6.07, 6.45) is 0. The zero-order valence-electron chi connectivity index (χ0n) is 17.7. The van der Waals surface area contributed by atoms with Crippen molar-refractivity contribution in [2.24, 2.45) is 0 Å². The number of nitrogens with one attached hydrogen (secondary N) is 1.